The van der Waals surface area contributed by atoms with Crippen molar-refractivity contribution in [2.45, 2.75) is 51.4 Å². The fourth-order valence-electron chi connectivity index (χ4n) is 5.96. The molecule has 1 saturated heterocycles. The Bertz CT molecular complexity index is 464. The van der Waals surface area contributed by atoms with Crippen molar-refractivity contribution in [3.63, 3.8) is 0 Å². The van der Waals surface area contributed by atoms with E-state index in [1.54, 1.807) is 0 Å². The predicted molar refractivity (Wildman–Crippen MR) is 90.2 cm³/mol. The predicted octanol–water partition coefficient (Wildman–Crippen LogP) is 1.86. The summed E-state index contributed by atoms with van der Waals surface area (Å²) in [4.78, 5) is 24.7. The van der Waals surface area contributed by atoms with Crippen LogP contribution in [-0.2, 0) is 14.3 Å². The summed E-state index contributed by atoms with van der Waals surface area (Å²) < 4.78 is 5.31. The molecule has 4 aliphatic carbocycles. The summed E-state index contributed by atoms with van der Waals surface area (Å²) >= 11 is 0. The Kier molecular flexibility index (Phi) is 4.54. The highest BCUT2D eigenvalue weighted by atomic mass is 16.5. The zero-order valence-electron chi connectivity index (χ0n) is 14.5. The molecule has 0 aromatic carbocycles. The van der Waals surface area contributed by atoms with Gasteiger partial charge in [0.15, 0.2) is 0 Å². The van der Waals surface area contributed by atoms with Gasteiger partial charge in [-0.05, 0) is 62.7 Å². The lowest BCUT2D eigenvalue weighted by molar-refractivity contribution is -0.146. The van der Waals surface area contributed by atoms with Crippen LogP contribution in [0.4, 0.5) is 0 Å². The van der Waals surface area contributed by atoms with Gasteiger partial charge in [0.1, 0.15) is 0 Å². The van der Waals surface area contributed by atoms with Gasteiger partial charge in [0, 0.05) is 37.5 Å². The molecule has 0 aromatic heterocycles. The van der Waals surface area contributed by atoms with Crippen molar-refractivity contribution >= 4 is 11.8 Å². The van der Waals surface area contributed by atoms with E-state index >= 15 is 0 Å². The van der Waals surface area contributed by atoms with E-state index < -0.39 is 0 Å². The van der Waals surface area contributed by atoms with Crippen LogP contribution in [0.25, 0.3) is 0 Å². The molecular weight excluding hydrogens is 304 g/mol. The third kappa shape index (κ3) is 3.32. The van der Waals surface area contributed by atoms with Crippen LogP contribution in [-0.4, -0.2) is 38.1 Å². The quantitative estimate of drug-likeness (QED) is 0.779. The molecular formula is C19H30N2O3. The van der Waals surface area contributed by atoms with Crippen LogP contribution in [0.1, 0.15) is 51.4 Å². The molecule has 1 atom stereocenters. The van der Waals surface area contributed by atoms with Gasteiger partial charge < -0.3 is 15.4 Å². The van der Waals surface area contributed by atoms with E-state index in [1.165, 1.54) is 19.3 Å². The maximum atomic E-state index is 12.8. The SMILES string of the molecule is O=C(CCNC(=O)C12CC3CC(CC(C3)C1)C2)NC[C@@H]1CCOC1. The molecule has 2 N–H and O–H groups in total. The van der Waals surface area contributed by atoms with E-state index in [0.29, 0.717) is 25.4 Å². The summed E-state index contributed by atoms with van der Waals surface area (Å²) in [7, 11) is 0. The fourth-order valence-corrected chi connectivity index (χ4v) is 5.96. The lowest BCUT2D eigenvalue weighted by Crippen LogP contribution is -2.53. The van der Waals surface area contributed by atoms with E-state index in [0.717, 1.165) is 56.7 Å². The van der Waals surface area contributed by atoms with Gasteiger partial charge >= 0.3 is 0 Å². The molecule has 134 valence electrons. The minimum atomic E-state index is -0.105. The Labute approximate surface area is 144 Å². The van der Waals surface area contributed by atoms with Crippen LogP contribution in [0.15, 0.2) is 0 Å². The first-order chi connectivity index (χ1) is 11.6. The third-order valence-electron chi connectivity index (χ3n) is 6.77. The molecule has 0 aromatic rings. The largest absolute Gasteiger partial charge is 0.381 e. The van der Waals surface area contributed by atoms with E-state index in [2.05, 4.69) is 10.6 Å². The molecule has 24 heavy (non-hydrogen) atoms. The van der Waals surface area contributed by atoms with E-state index in [1.807, 2.05) is 0 Å². The molecule has 1 aliphatic heterocycles. The van der Waals surface area contributed by atoms with Gasteiger partial charge in [-0.15, -0.1) is 0 Å². The Morgan fingerprint density at radius 3 is 2.25 bits per heavy atom. The average Bonchev–Trinajstić information content (AvgIpc) is 3.05. The van der Waals surface area contributed by atoms with Crippen LogP contribution in [0.5, 0.6) is 0 Å². The van der Waals surface area contributed by atoms with Gasteiger partial charge in [0.25, 0.3) is 0 Å². The molecule has 5 nitrogen and oxygen atoms in total. The maximum absolute atomic E-state index is 12.8. The average molecular weight is 334 g/mol. The molecule has 0 unspecified atom stereocenters. The maximum Gasteiger partial charge on any atom is 0.226 e. The first-order valence-electron chi connectivity index (χ1n) is 9.76. The van der Waals surface area contributed by atoms with Crippen molar-refractivity contribution in [2.24, 2.45) is 29.1 Å². The molecule has 4 saturated carbocycles. The van der Waals surface area contributed by atoms with Crippen LogP contribution in [0, 0.1) is 29.1 Å². The molecule has 5 rings (SSSR count). The molecule has 2 amide bonds. The molecule has 1 heterocycles. The van der Waals surface area contributed by atoms with Crippen molar-refractivity contribution < 1.29 is 14.3 Å². The van der Waals surface area contributed by atoms with Crippen molar-refractivity contribution in [3.05, 3.63) is 0 Å². The standard InChI is InChI=1S/C19H30N2O3/c22-17(21-11-13-2-4-24-12-13)1-3-20-18(23)19-8-14-5-15(9-19)7-16(6-14)10-19/h13-16H,1-12H2,(H,20,23)(H,21,22)/t13-,14?,15?,16?,19?/m0/s1. The summed E-state index contributed by atoms with van der Waals surface area (Å²) in [5.41, 5.74) is -0.105. The second-order valence-electron chi connectivity index (χ2n) is 8.74. The minimum Gasteiger partial charge on any atom is -0.381 e. The van der Waals surface area contributed by atoms with Crippen molar-refractivity contribution in [2.75, 3.05) is 26.3 Å². The summed E-state index contributed by atoms with van der Waals surface area (Å²) in [6, 6.07) is 0. The van der Waals surface area contributed by atoms with Gasteiger partial charge in [0.05, 0.1) is 6.61 Å². The Hall–Kier alpha value is -1.10. The molecule has 4 bridgehead atoms. The zero-order chi connectivity index (χ0) is 16.6. The summed E-state index contributed by atoms with van der Waals surface area (Å²) in [5.74, 6) is 3.04. The van der Waals surface area contributed by atoms with Gasteiger partial charge in [-0.3, -0.25) is 9.59 Å². The number of hydrogen-bond donors (Lipinski definition) is 2. The van der Waals surface area contributed by atoms with Gasteiger partial charge in [-0.2, -0.15) is 0 Å². The molecule has 5 heteroatoms. The van der Waals surface area contributed by atoms with Crippen LogP contribution in [0.2, 0.25) is 0 Å². The monoisotopic (exact) mass is 334 g/mol. The number of hydrogen-bond acceptors (Lipinski definition) is 3. The zero-order valence-corrected chi connectivity index (χ0v) is 14.5. The van der Waals surface area contributed by atoms with Crippen LogP contribution in [0.3, 0.4) is 0 Å². The topological polar surface area (TPSA) is 67.4 Å². The minimum absolute atomic E-state index is 0.0349. The van der Waals surface area contributed by atoms with E-state index in [-0.39, 0.29) is 17.2 Å². The second kappa shape index (κ2) is 6.66. The highest BCUT2D eigenvalue weighted by Gasteiger charge is 2.54. The molecule has 0 spiro atoms. The fraction of sp³-hybridized carbons (Fsp3) is 0.895. The summed E-state index contributed by atoms with van der Waals surface area (Å²) in [6.45, 7) is 2.72. The van der Waals surface area contributed by atoms with Crippen molar-refractivity contribution in [1.82, 2.24) is 10.6 Å². The molecule has 5 aliphatic rings. The number of nitrogens with one attached hydrogen (secondary N) is 2. The first kappa shape index (κ1) is 16.4. The Balaban J connectivity index is 1.20. The number of ether oxygens (including phenoxy) is 1. The van der Waals surface area contributed by atoms with Crippen LogP contribution >= 0.6 is 0 Å². The number of amides is 2. The number of carbonyl (C=O) groups excluding carboxylic acids is 2. The number of carbonyl (C=O) groups is 2. The van der Waals surface area contributed by atoms with E-state index in [9.17, 15) is 9.59 Å². The number of rotatable bonds is 6. The Morgan fingerprint density at radius 1 is 1.00 bits per heavy atom. The van der Waals surface area contributed by atoms with Crippen molar-refractivity contribution in [1.29, 1.82) is 0 Å². The first-order valence-corrected chi connectivity index (χ1v) is 9.76. The lowest BCUT2D eigenvalue weighted by Gasteiger charge is -2.55. The lowest BCUT2D eigenvalue weighted by atomic mass is 9.49. The normalized spacial score (nSPS) is 39.8. The molecule has 5 fully saturated rings. The van der Waals surface area contributed by atoms with Gasteiger partial charge in [-0.25, -0.2) is 0 Å². The van der Waals surface area contributed by atoms with Crippen LogP contribution < -0.4 is 10.6 Å². The Morgan fingerprint density at radius 2 is 1.67 bits per heavy atom. The van der Waals surface area contributed by atoms with Gasteiger partial charge in [-0.1, -0.05) is 0 Å². The highest BCUT2D eigenvalue weighted by Crippen LogP contribution is 2.60. The smallest absolute Gasteiger partial charge is 0.226 e. The highest BCUT2D eigenvalue weighted by molar-refractivity contribution is 5.84. The summed E-state index contributed by atoms with van der Waals surface area (Å²) in [5, 5.41) is 6.04. The summed E-state index contributed by atoms with van der Waals surface area (Å²) in [6.07, 6.45) is 8.70. The third-order valence-corrected chi connectivity index (χ3v) is 6.77. The van der Waals surface area contributed by atoms with E-state index in [4.69, 9.17) is 4.74 Å². The van der Waals surface area contributed by atoms with Crippen molar-refractivity contribution in [3.8, 4) is 0 Å². The molecule has 0 radical (unpaired) electrons. The second-order valence-corrected chi connectivity index (χ2v) is 8.74. The van der Waals surface area contributed by atoms with Gasteiger partial charge in [0.2, 0.25) is 11.8 Å².